The van der Waals surface area contributed by atoms with Crippen LogP contribution in [0.1, 0.15) is 68.5 Å². The number of rotatable bonds is 7. The molecule has 0 aromatic carbocycles. The van der Waals surface area contributed by atoms with Gasteiger partial charge in [0.25, 0.3) is 0 Å². The van der Waals surface area contributed by atoms with Crippen LogP contribution >= 0.6 is 0 Å². The second kappa shape index (κ2) is 13.7. The second-order valence-corrected chi connectivity index (χ2v) is 14.9. The summed E-state index contributed by atoms with van der Waals surface area (Å²) < 4.78 is 87.2. The molecular weight excluding hydrogens is 643 g/mol. The average molecular weight is 686 g/mol. The lowest BCUT2D eigenvalue weighted by atomic mass is 10.0. The number of amides is 1. The minimum atomic E-state index is -4.72. The molecule has 260 valence electrons. The van der Waals surface area contributed by atoms with E-state index in [9.17, 15) is 26.4 Å². The molecule has 17 heteroatoms. The average Bonchev–Trinajstić information content (AvgIpc) is 3.49. The fourth-order valence-corrected chi connectivity index (χ4v) is 7.98. The van der Waals surface area contributed by atoms with E-state index in [0.29, 0.717) is 68.5 Å². The summed E-state index contributed by atoms with van der Waals surface area (Å²) in [6.45, 7) is 10.8. The molecule has 3 fully saturated rings. The molecule has 0 spiro atoms. The van der Waals surface area contributed by atoms with Crippen LogP contribution in [0.2, 0.25) is 0 Å². The summed E-state index contributed by atoms with van der Waals surface area (Å²) >= 11 is 0. The zero-order valence-electron chi connectivity index (χ0n) is 27.2. The first-order valence-corrected chi connectivity index (χ1v) is 17.1. The second-order valence-electron chi connectivity index (χ2n) is 13.0. The van der Waals surface area contributed by atoms with Crippen LogP contribution in [0.5, 0.6) is 5.88 Å². The van der Waals surface area contributed by atoms with E-state index in [0.717, 1.165) is 0 Å². The number of nitrogens with one attached hydrogen (secondary N) is 2. The highest BCUT2D eigenvalue weighted by Crippen LogP contribution is 2.37. The number of piperidine rings is 1. The van der Waals surface area contributed by atoms with Gasteiger partial charge in [-0.25, -0.2) is 18.2 Å². The van der Waals surface area contributed by atoms with Crippen molar-refractivity contribution >= 4 is 22.1 Å². The number of carbonyl (C=O) groups is 1. The monoisotopic (exact) mass is 685 g/mol. The van der Waals surface area contributed by atoms with Crippen molar-refractivity contribution in [3.63, 3.8) is 0 Å². The minimum Gasteiger partial charge on any atom is -0.471 e. The van der Waals surface area contributed by atoms with Crippen molar-refractivity contribution in [2.75, 3.05) is 51.3 Å². The lowest BCUT2D eigenvalue weighted by Gasteiger charge is -2.38. The normalized spacial score (nSPS) is 23.1. The van der Waals surface area contributed by atoms with E-state index >= 15 is 0 Å². The number of hydrogen-bond donors (Lipinski definition) is 2. The molecule has 0 saturated carbocycles. The maximum absolute atomic E-state index is 14.2. The molecule has 0 bridgehead atoms. The van der Waals surface area contributed by atoms with Gasteiger partial charge < -0.3 is 24.8 Å². The van der Waals surface area contributed by atoms with Gasteiger partial charge in [0.15, 0.2) is 0 Å². The number of ether oxygens (including phenoxy) is 3. The summed E-state index contributed by atoms with van der Waals surface area (Å²) in [5.74, 6) is -0.694. The minimum absolute atomic E-state index is 0.0327. The van der Waals surface area contributed by atoms with Crippen LogP contribution in [0, 0.1) is 13.8 Å². The number of halogens is 3. The Balaban J connectivity index is 1.37. The quantitative estimate of drug-likeness (QED) is 0.438. The van der Waals surface area contributed by atoms with Crippen LogP contribution in [-0.4, -0.2) is 102 Å². The van der Waals surface area contributed by atoms with Gasteiger partial charge in [-0.1, -0.05) is 0 Å². The highest BCUT2D eigenvalue weighted by Gasteiger charge is 2.39. The Morgan fingerprint density at radius 3 is 2.57 bits per heavy atom. The van der Waals surface area contributed by atoms with Gasteiger partial charge >= 0.3 is 12.3 Å². The number of hydrogen-bond acceptors (Lipinski definition) is 11. The predicted molar refractivity (Wildman–Crippen MR) is 165 cm³/mol. The van der Waals surface area contributed by atoms with Crippen molar-refractivity contribution in [3.8, 4) is 5.88 Å². The number of piperazine rings is 1. The van der Waals surface area contributed by atoms with E-state index < -0.39 is 57.5 Å². The fourth-order valence-electron chi connectivity index (χ4n) is 6.03. The maximum atomic E-state index is 14.2. The fraction of sp³-hybridized carbons (Fsp3) is 0.667. The molecule has 2 aromatic rings. The van der Waals surface area contributed by atoms with Crippen LogP contribution in [0.25, 0.3) is 0 Å². The zero-order chi connectivity index (χ0) is 34.1. The van der Waals surface area contributed by atoms with Gasteiger partial charge in [0.1, 0.15) is 17.3 Å². The number of nitrogens with zero attached hydrogens (tertiary/aromatic N) is 5. The Morgan fingerprint density at radius 1 is 1.13 bits per heavy atom. The Labute approximate surface area is 272 Å². The summed E-state index contributed by atoms with van der Waals surface area (Å²) in [7, 11) is -4.06. The molecule has 2 unspecified atom stereocenters. The Kier molecular flexibility index (Phi) is 10.2. The smallest absolute Gasteiger partial charge is 0.423 e. The third kappa shape index (κ3) is 8.06. The van der Waals surface area contributed by atoms with Crippen molar-refractivity contribution in [2.24, 2.45) is 0 Å². The molecule has 3 aliphatic rings. The van der Waals surface area contributed by atoms with Crippen molar-refractivity contribution < 1.29 is 40.6 Å². The van der Waals surface area contributed by atoms with E-state index in [2.05, 4.69) is 25.6 Å². The summed E-state index contributed by atoms with van der Waals surface area (Å²) in [6, 6.07) is -1.03. The number of sulfonamides is 1. The Hall–Kier alpha value is -3.28. The zero-order valence-corrected chi connectivity index (χ0v) is 28.0. The standard InChI is InChI=1S/C30H42F3N7O6S/c1-18-13-35-24(23-15-34-9-11-40(23)28(41)46-29(3,4)5)19(2)25(18)47(42,43)39-10-6-7-20(16-39)37-27-36-14-22(30(31,32)33)26(38-27)45-21-8-12-44-17-21/h13-14,20-21,23,34H,6-12,15-17H2,1-5H3,(H,36,37,38)/t20?,21-,23?/m0/s1. The van der Waals surface area contributed by atoms with Crippen LogP contribution in [0.3, 0.4) is 0 Å². The molecular formula is C30H42F3N7O6S. The molecule has 0 aliphatic carbocycles. The number of carbonyl (C=O) groups excluding carboxylic acids is 1. The van der Waals surface area contributed by atoms with Crippen LogP contribution < -0.4 is 15.4 Å². The van der Waals surface area contributed by atoms with E-state index in [1.54, 1.807) is 39.5 Å². The van der Waals surface area contributed by atoms with Gasteiger partial charge in [0.05, 0.1) is 29.8 Å². The maximum Gasteiger partial charge on any atom is 0.423 e. The number of pyridine rings is 1. The third-order valence-corrected chi connectivity index (χ3v) is 10.4. The van der Waals surface area contributed by atoms with E-state index in [1.165, 1.54) is 10.5 Å². The molecule has 3 aliphatic heterocycles. The van der Waals surface area contributed by atoms with Gasteiger partial charge in [-0.15, -0.1) is 0 Å². The number of aromatic nitrogens is 3. The predicted octanol–water partition coefficient (Wildman–Crippen LogP) is 3.82. The summed E-state index contributed by atoms with van der Waals surface area (Å²) in [4.78, 5) is 27.3. The molecule has 2 N–H and O–H groups in total. The van der Waals surface area contributed by atoms with Gasteiger partial charge in [-0.2, -0.15) is 22.5 Å². The van der Waals surface area contributed by atoms with Gasteiger partial charge in [0.2, 0.25) is 21.9 Å². The van der Waals surface area contributed by atoms with Crippen molar-refractivity contribution in [1.29, 1.82) is 0 Å². The number of alkyl halides is 3. The molecule has 2 aromatic heterocycles. The lowest BCUT2D eigenvalue weighted by molar-refractivity contribution is -0.139. The first-order chi connectivity index (χ1) is 22.0. The van der Waals surface area contributed by atoms with Gasteiger partial charge in [0, 0.05) is 57.6 Å². The largest absolute Gasteiger partial charge is 0.471 e. The first-order valence-electron chi connectivity index (χ1n) is 15.7. The van der Waals surface area contributed by atoms with E-state index in [-0.39, 0.29) is 30.5 Å². The van der Waals surface area contributed by atoms with Gasteiger partial charge in [-0.05, 0) is 58.6 Å². The van der Waals surface area contributed by atoms with E-state index in [1.807, 2.05) is 0 Å². The molecule has 1 amide bonds. The summed E-state index contributed by atoms with van der Waals surface area (Å²) in [5, 5.41) is 6.28. The molecule has 3 atom stereocenters. The Morgan fingerprint density at radius 2 is 1.89 bits per heavy atom. The molecule has 47 heavy (non-hydrogen) atoms. The van der Waals surface area contributed by atoms with Crippen LogP contribution in [0.15, 0.2) is 17.3 Å². The van der Waals surface area contributed by atoms with Crippen molar-refractivity contribution in [1.82, 2.24) is 29.5 Å². The molecule has 0 radical (unpaired) electrons. The summed E-state index contributed by atoms with van der Waals surface area (Å²) in [6.07, 6.45) is -2.14. The SMILES string of the molecule is Cc1cnc(C2CNCCN2C(=O)OC(C)(C)C)c(C)c1S(=O)(=O)N1CCCC(Nc2ncc(C(F)(F)F)c(O[C@H]3CCOC3)n2)C1. The first kappa shape index (κ1) is 35.0. The topological polar surface area (TPSA) is 148 Å². The lowest BCUT2D eigenvalue weighted by Crippen LogP contribution is -2.50. The van der Waals surface area contributed by atoms with Crippen LogP contribution in [0.4, 0.5) is 23.9 Å². The molecule has 5 heterocycles. The molecule has 5 rings (SSSR count). The number of anilines is 1. The highest BCUT2D eigenvalue weighted by atomic mass is 32.2. The van der Waals surface area contributed by atoms with Crippen molar-refractivity contribution in [2.45, 2.75) is 88.7 Å². The third-order valence-electron chi connectivity index (χ3n) is 8.21. The number of aryl methyl sites for hydroxylation is 1. The Bertz CT molecular complexity index is 1560. The van der Waals surface area contributed by atoms with E-state index in [4.69, 9.17) is 14.2 Å². The molecule has 13 nitrogen and oxygen atoms in total. The van der Waals surface area contributed by atoms with Crippen molar-refractivity contribution in [3.05, 3.63) is 34.8 Å². The highest BCUT2D eigenvalue weighted by molar-refractivity contribution is 7.89. The van der Waals surface area contributed by atoms with Gasteiger partial charge in [-0.3, -0.25) is 9.88 Å². The molecule has 3 saturated heterocycles. The van der Waals surface area contributed by atoms with Crippen LogP contribution in [-0.2, 0) is 25.7 Å². The summed E-state index contributed by atoms with van der Waals surface area (Å²) in [5.41, 5.74) is -0.456.